The second-order valence-corrected chi connectivity index (χ2v) is 20.3. The molecule has 0 fully saturated rings. The molecule has 16 aromatic rings. The first-order valence-corrected chi connectivity index (χ1v) is 25.3. The molecule has 0 N–H and O–H groups in total. The predicted molar refractivity (Wildman–Crippen MR) is 314 cm³/mol. The number of aromatic nitrogens is 2. The fourth-order valence-corrected chi connectivity index (χ4v) is 14.2. The largest absolute Gasteiger partial charge is 0.318 e. The number of hydrogen-bond donors (Lipinski definition) is 0. The van der Waals surface area contributed by atoms with Crippen LogP contribution in [0.2, 0.25) is 0 Å². The molecule has 0 unspecified atom stereocenters. The van der Waals surface area contributed by atoms with Crippen molar-refractivity contribution >= 4 is 134 Å². The normalized spacial score (nSPS) is 14.5. The summed E-state index contributed by atoms with van der Waals surface area (Å²) in [6.07, 6.45) is 0. The Kier molecular flexibility index (Phi) is 6.35. The molecule has 74 heavy (non-hydrogen) atoms. The Balaban J connectivity index is 1.25. The van der Waals surface area contributed by atoms with E-state index in [4.69, 9.17) is 9.60 Å². The Morgan fingerprint density at radius 2 is 1.03 bits per heavy atom. The molecule has 0 aliphatic carbocycles. The van der Waals surface area contributed by atoms with E-state index in [1.54, 1.807) is 6.07 Å². The zero-order valence-electron chi connectivity index (χ0n) is 51.4. The third-order valence-corrected chi connectivity index (χ3v) is 17.0. The minimum Gasteiger partial charge on any atom is -0.318 e. The average Bonchev–Trinajstić information content (AvgIpc) is 1.58. The minimum atomic E-state index is -0.603. The summed E-state index contributed by atoms with van der Waals surface area (Å²) >= 11 is 2.63. The summed E-state index contributed by atoms with van der Waals surface area (Å²) in [4.78, 5) is 4.49. The first-order chi connectivity index (χ1) is 42.1. The molecular weight excluding hydrogens is 937 g/mol. The van der Waals surface area contributed by atoms with Crippen LogP contribution in [-0.4, -0.2) is 9.13 Å². The molecule has 12 aromatic carbocycles. The van der Waals surface area contributed by atoms with Crippen LogP contribution in [0.5, 0.6) is 0 Å². The van der Waals surface area contributed by atoms with Crippen molar-refractivity contribution in [2.24, 2.45) is 0 Å². The first-order valence-electron chi connectivity index (χ1n) is 30.2. The van der Waals surface area contributed by atoms with Gasteiger partial charge in [0.1, 0.15) is 6.07 Å². The van der Waals surface area contributed by atoms with Crippen LogP contribution in [0.1, 0.15) is 23.4 Å². The van der Waals surface area contributed by atoms with Crippen LogP contribution >= 0.6 is 22.7 Å². The van der Waals surface area contributed by atoms with Crippen molar-refractivity contribution in [1.82, 2.24) is 9.13 Å². The summed E-state index contributed by atoms with van der Waals surface area (Å²) < 4.78 is 126. The standard InChI is InChI=1S/C68H36N4S2/c1-70-62-57(40-21-7-3-8-22-40)52(38-69)63(58(41-23-9-4-10-24-41)65(62)71-53-31-17-29-46-42-25-11-12-26-43(42)47-30-18-32-54(71)61(47)60(46)53)72-64-49(36-35-48-44-27-13-15-33-55(44)73-67(48)64)59-50(39-19-5-2-6-20-39)37-51-45-28-14-16-34-56(45)74-68(51)66(59)72/h2-37H/i2D,5D,6D,11D,12D,14D,16D,19D,20D,25D,26D,28D,34D. The van der Waals surface area contributed by atoms with Gasteiger partial charge in [-0.15, -0.1) is 22.7 Å². The Hall–Kier alpha value is -9.56. The molecule has 0 saturated carbocycles. The Bertz CT molecular complexity index is 5830. The highest BCUT2D eigenvalue weighted by molar-refractivity contribution is 7.27. The molecule has 340 valence electrons. The molecule has 16 rings (SSSR count). The molecule has 0 aliphatic rings. The molecule has 6 heteroatoms. The van der Waals surface area contributed by atoms with Crippen molar-refractivity contribution in [3.05, 3.63) is 235 Å². The van der Waals surface area contributed by atoms with Crippen molar-refractivity contribution < 1.29 is 17.8 Å². The molecule has 0 atom stereocenters. The number of thiophene rings is 2. The van der Waals surface area contributed by atoms with Crippen molar-refractivity contribution in [2.75, 3.05) is 0 Å². The predicted octanol–water partition coefficient (Wildman–Crippen LogP) is 19.8. The second kappa shape index (κ2) is 15.5. The lowest BCUT2D eigenvalue weighted by atomic mass is 9.88. The van der Waals surface area contributed by atoms with Gasteiger partial charge in [-0.05, 0) is 74.1 Å². The topological polar surface area (TPSA) is 38.0 Å². The third kappa shape index (κ3) is 5.43. The monoisotopic (exact) mass is 985 g/mol. The quantitative estimate of drug-likeness (QED) is 0.125. The zero-order valence-corrected chi connectivity index (χ0v) is 40.0. The van der Waals surface area contributed by atoms with Crippen molar-refractivity contribution in [2.45, 2.75) is 0 Å². The van der Waals surface area contributed by atoms with E-state index in [1.807, 2.05) is 143 Å². The van der Waals surface area contributed by atoms with Gasteiger partial charge in [0.05, 0.1) is 72.8 Å². The summed E-state index contributed by atoms with van der Waals surface area (Å²) in [7, 11) is 0. The molecule has 0 amide bonds. The molecule has 4 nitrogen and oxygen atoms in total. The molecular formula is C68H36N4S2. The van der Waals surface area contributed by atoms with Crippen molar-refractivity contribution in [3.8, 4) is 50.8 Å². The molecule has 0 spiro atoms. The maximum atomic E-state index is 12.5. The number of rotatable bonds is 5. The van der Waals surface area contributed by atoms with E-state index in [2.05, 4.69) is 10.9 Å². The Morgan fingerprint density at radius 1 is 0.446 bits per heavy atom. The van der Waals surface area contributed by atoms with Crippen LogP contribution < -0.4 is 0 Å². The number of fused-ring (bicyclic) bond motifs is 14. The van der Waals surface area contributed by atoms with Crippen LogP contribution in [0.3, 0.4) is 0 Å². The third-order valence-electron chi connectivity index (χ3n) is 14.6. The average molecular weight is 986 g/mol. The molecule has 0 aliphatic heterocycles. The fraction of sp³-hybridized carbons (Fsp3) is 0. The van der Waals surface area contributed by atoms with Gasteiger partial charge in [-0.1, -0.05) is 188 Å². The summed E-state index contributed by atoms with van der Waals surface area (Å²) in [5.74, 6) is 0. The zero-order chi connectivity index (χ0) is 60.1. The van der Waals surface area contributed by atoms with Gasteiger partial charge in [-0.3, -0.25) is 0 Å². The molecule has 4 aromatic heterocycles. The summed E-state index contributed by atoms with van der Waals surface area (Å²) in [6, 6.07) is 40.6. The van der Waals surface area contributed by atoms with Crippen molar-refractivity contribution in [3.63, 3.8) is 0 Å². The van der Waals surface area contributed by atoms with Gasteiger partial charge in [0.2, 0.25) is 5.69 Å². The van der Waals surface area contributed by atoms with E-state index >= 15 is 0 Å². The van der Waals surface area contributed by atoms with Gasteiger partial charge < -0.3 is 9.13 Å². The minimum absolute atomic E-state index is 0.0703. The van der Waals surface area contributed by atoms with Gasteiger partial charge in [0.25, 0.3) is 0 Å². The fourth-order valence-electron chi connectivity index (χ4n) is 11.8. The van der Waals surface area contributed by atoms with E-state index in [0.29, 0.717) is 97.6 Å². The molecule has 4 heterocycles. The van der Waals surface area contributed by atoms with Crippen LogP contribution in [0.15, 0.2) is 218 Å². The Morgan fingerprint density at radius 3 is 1.72 bits per heavy atom. The van der Waals surface area contributed by atoms with Gasteiger partial charge >= 0.3 is 0 Å². The van der Waals surface area contributed by atoms with Gasteiger partial charge in [0.15, 0.2) is 0 Å². The molecule has 0 bridgehead atoms. The van der Waals surface area contributed by atoms with Gasteiger partial charge in [-0.2, -0.15) is 5.26 Å². The summed E-state index contributed by atoms with van der Waals surface area (Å²) in [5, 5.41) is 18.9. The van der Waals surface area contributed by atoms with Crippen LogP contribution in [0.4, 0.5) is 5.69 Å². The van der Waals surface area contributed by atoms with E-state index in [0.717, 1.165) is 31.5 Å². The SMILES string of the molecule is [2H]c1c([2H])c([2H])c(-c2cc3c(sc4c([2H])c([2H])c([2H])c([2H])c43)c3c2c2ccc4c5ccccc5sc4c2n3-c2c(C#N)c(-c3ccccc3)c([N+]#[C-])c(-n3c4cccc5c6c([2H])c([2H])c([2H])c([2H])c6c6cccc3c6c54)c2-c2ccccc2)c([2H])c1[2H]. The van der Waals surface area contributed by atoms with Crippen molar-refractivity contribution in [1.29, 1.82) is 5.26 Å². The van der Waals surface area contributed by atoms with Gasteiger partial charge in [0, 0.05) is 63.6 Å². The maximum Gasteiger partial charge on any atom is 0.220 e. The molecule has 0 saturated heterocycles. The lowest BCUT2D eigenvalue weighted by Crippen LogP contribution is -2.09. The maximum absolute atomic E-state index is 12.5. The van der Waals surface area contributed by atoms with E-state index < -0.39 is 42.3 Å². The highest BCUT2D eigenvalue weighted by Gasteiger charge is 2.34. The van der Waals surface area contributed by atoms with E-state index in [1.165, 1.54) is 11.3 Å². The number of benzene rings is 12. The first kappa shape index (κ1) is 30.4. The van der Waals surface area contributed by atoms with Crippen LogP contribution in [0.25, 0.3) is 155 Å². The number of nitriles is 1. The van der Waals surface area contributed by atoms with Crippen LogP contribution in [-0.2, 0) is 0 Å². The summed E-state index contributed by atoms with van der Waals surface area (Å²) in [5.41, 5.74) is 4.70. The highest BCUT2D eigenvalue weighted by Crippen LogP contribution is 2.56. The second-order valence-electron chi connectivity index (χ2n) is 18.2. The molecule has 0 radical (unpaired) electrons. The smallest absolute Gasteiger partial charge is 0.220 e. The lowest BCUT2D eigenvalue weighted by molar-refractivity contribution is 1.14. The lowest BCUT2D eigenvalue weighted by Gasteiger charge is -2.26. The Labute approximate surface area is 450 Å². The van der Waals surface area contributed by atoms with E-state index in [9.17, 15) is 20.1 Å². The number of hydrogen-bond acceptors (Lipinski definition) is 3. The van der Waals surface area contributed by atoms with Gasteiger partial charge in [-0.25, -0.2) is 4.85 Å². The number of nitrogens with zero attached hydrogens (tertiary/aromatic N) is 4. The van der Waals surface area contributed by atoms with E-state index in [-0.39, 0.29) is 80.0 Å². The summed E-state index contributed by atoms with van der Waals surface area (Å²) in [6.45, 7) is 9.53. The van der Waals surface area contributed by atoms with Crippen LogP contribution in [0, 0.1) is 17.9 Å². The highest BCUT2D eigenvalue weighted by atomic mass is 32.1.